The van der Waals surface area contributed by atoms with E-state index in [0.717, 1.165) is 92.7 Å². The molecule has 3 heterocycles. The van der Waals surface area contributed by atoms with Crippen molar-refractivity contribution in [3.8, 4) is 84.3 Å². The molecule has 3 aromatic heterocycles. The fourth-order valence-corrected chi connectivity index (χ4v) is 8.63. The predicted octanol–water partition coefficient (Wildman–Crippen LogP) is 14.7. The summed E-state index contributed by atoms with van der Waals surface area (Å²) in [6, 6.07) is 75.9. The SMILES string of the molecule is [2H]C([2H])([2H])c1cnc(-c2[c-]cc(-c3ccccc3-c3cc(CCc4c[c-]c(-c5ccccn5)cc4)cc(CCc4c[c-]c(-c5ccccn5)cc4)c3)c(-c3ccc(C#N)cc3)c2)cc1-c1ccccc1.[Ir+3]. The van der Waals surface area contributed by atoms with E-state index in [0.29, 0.717) is 16.8 Å². The molecule has 0 unspecified atom stereocenters. The van der Waals surface area contributed by atoms with Crippen molar-refractivity contribution in [2.75, 3.05) is 0 Å². The van der Waals surface area contributed by atoms with Crippen LogP contribution in [0, 0.1) is 36.4 Å². The fourth-order valence-electron chi connectivity index (χ4n) is 8.63. The van der Waals surface area contributed by atoms with Gasteiger partial charge in [-0.15, -0.1) is 94.5 Å². The van der Waals surface area contributed by atoms with Gasteiger partial charge in [-0.25, -0.2) is 0 Å². The fraction of sp³-hybridized carbons (Fsp3) is 0.0794. The van der Waals surface area contributed by atoms with E-state index in [4.69, 9.17) is 9.10 Å². The molecule has 4 nitrogen and oxygen atoms in total. The maximum atomic E-state index is 9.73. The number of rotatable bonds is 13. The molecule has 0 bridgehead atoms. The molecular weight excluding hydrogens is 1000 g/mol. The molecule has 0 aliphatic carbocycles. The average molecular weight is 1050 g/mol. The van der Waals surface area contributed by atoms with Crippen molar-refractivity contribution in [2.24, 2.45) is 0 Å². The smallest absolute Gasteiger partial charge is 0.305 e. The Hall–Kier alpha value is -7.87. The predicted molar refractivity (Wildman–Crippen MR) is 272 cm³/mol. The van der Waals surface area contributed by atoms with Gasteiger partial charge in [-0.2, -0.15) is 5.26 Å². The van der Waals surface area contributed by atoms with Crippen LogP contribution >= 0.6 is 0 Å². The van der Waals surface area contributed by atoms with Crippen LogP contribution in [0.2, 0.25) is 0 Å². The van der Waals surface area contributed by atoms with Crippen LogP contribution in [0.25, 0.3) is 78.3 Å². The average Bonchev–Trinajstić information content (AvgIpc) is 3.42. The molecule has 0 radical (unpaired) electrons. The summed E-state index contributed by atoms with van der Waals surface area (Å²) in [5, 5.41) is 9.73. The minimum absolute atomic E-state index is 0. The topological polar surface area (TPSA) is 62.5 Å². The molecule has 0 atom stereocenters. The molecule has 0 aliphatic heterocycles. The summed E-state index contributed by atoms with van der Waals surface area (Å²) in [4.78, 5) is 13.7. The van der Waals surface area contributed by atoms with Gasteiger partial charge in [-0.05, 0) is 106 Å². The third-order valence-electron chi connectivity index (χ3n) is 12.2. The number of aromatic nitrogens is 3. The summed E-state index contributed by atoms with van der Waals surface area (Å²) in [6.07, 6.45) is 8.45. The Labute approximate surface area is 417 Å². The number of hydrogen-bond acceptors (Lipinski definition) is 4. The molecule has 0 spiro atoms. The molecule has 0 saturated carbocycles. The molecule has 0 fully saturated rings. The third kappa shape index (κ3) is 10.4. The Morgan fingerprint density at radius 2 is 1.01 bits per heavy atom. The molecule has 0 saturated heterocycles. The minimum atomic E-state index is -2.35. The second-order valence-corrected chi connectivity index (χ2v) is 16.6. The van der Waals surface area contributed by atoms with E-state index in [1.807, 2.05) is 103 Å². The molecule has 68 heavy (non-hydrogen) atoms. The van der Waals surface area contributed by atoms with Gasteiger partial charge in [-0.3, -0.25) is 0 Å². The Morgan fingerprint density at radius 1 is 0.441 bits per heavy atom. The van der Waals surface area contributed by atoms with Crippen molar-refractivity contribution in [2.45, 2.75) is 32.5 Å². The van der Waals surface area contributed by atoms with Crippen LogP contribution in [0.5, 0.6) is 0 Å². The molecule has 0 amide bonds. The van der Waals surface area contributed by atoms with Crippen molar-refractivity contribution >= 4 is 0 Å². The normalized spacial score (nSPS) is 11.7. The summed E-state index contributed by atoms with van der Waals surface area (Å²) in [5.74, 6) is 0. The zero-order valence-corrected chi connectivity index (χ0v) is 39.5. The summed E-state index contributed by atoms with van der Waals surface area (Å²) < 4.78 is 24.9. The number of aryl methyl sites for hydroxylation is 5. The molecule has 10 aromatic rings. The number of nitriles is 1. The van der Waals surface area contributed by atoms with Gasteiger partial charge in [0.15, 0.2) is 0 Å². The van der Waals surface area contributed by atoms with Crippen LogP contribution in [0.1, 0.15) is 37.5 Å². The first-order valence-corrected chi connectivity index (χ1v) is 22.4. The Morgan fingerprint density at radius 3 is 1.59 bits per heavy atom. The van der Waals surface area contributed by atoms with Crippen LogP contribution in [0.3, 0.4) is 0 Å². The molecule has 7 aromatic carbocycles. The molecule has 10 rings (SSSR count). The summed E-state index contributed by atoms with van der Waals surface area (Å²) in [7, 11) is 0. The van der Waals surface area contributed by atoms with Crippen molar-refractivity contribution < 1.29 is 24.2 Å². The number of hydrogen-bond donors (Lipinski definition) is 0. The van der Waals surface area contributed by atoms with E-state index in [2.05, 4.69) is 119 Å². The molecule has 326 valence electrons. The van der Waals surface area contributed by atoms with Gasteiger partial charge >= 0.3 is 20.1 Å². The molecule has 5 heteroatoms. The second kappa shape index (κ2) is 21.2. The van der Waals surface area contributed by atoms with Crippen molar-refractivity contribution in [1.29, 1.82) is 5.26 Å². The van der Waals surface area contributed by atoms with Gasteiger partial charge < -0.3 is 15.0 Å². The van der Waals surface area contributed by atoms with E-state index in [1.165, 1.54) is 28.5 Å². The number of benzene rings is 7. The van der Waals surface area contributed by atoms with Gasteiger partial charge in [0.05, 0.1) is 11.6 Å². The zero-order valence-electron chi connectivity index (χ0n) is 40.1. The second-order valence-electron chi connectivity index (χ2n) is 16.6. The van der Waals surface area contributed by atoms with Crippen molar-refractivity contribution in [1.82, 2.24) is 15.0 Å². The van der Waals surface area contributed by atoms with E-state index >= 15 is 0 Å². The van der Waals surface area contributed by atoms with Gasteiger partial charge in [0.1, 0.15) is 0 Å². The first-order chi connectivity index (χ1) is 34.3. The molecule has 0 aliphatic rings. The van der Waals surface area contributed by atoms with Crippen LogP contribution < -0.4 is 0 Å². The van der Waals surface area contributed by atoms with Crippen molar-refractivity contribution in [3.63, 3.8) is 0 Å². The Kier molecular flexibility index (Phi) is 12.9. The Bertz CT molecular complexity index is 3340. The van der Waals surface area contributed by atoms with E-state index in [-0.39, 0.29) is 25.7 Å². The maximum Gasteiger partial charge on any atom is 3.00 e. The van der Waals surface area contributed by atoms with Gasteiger partial charge in [0.2, 0.25) is 0 Å². The molecule has 0 N–H and O–H groups in total. The first-order valence-electron chi connectivity index (χ1n) is 23.9. The summed E-state index contributed by atoms with van der Waals surface area (Å²) in [5.41, 5.74) is 18.2. The van der Waals surface area contributed by atoms with Gasteiger partial charge in [-0.1, -0.05) is 145 Å². The third-order valence-corrected chi connectivity index (χ3v) is 12.2. The standard InChI is InChI=1S/C63H45N4.Ir/c1-44-43-67-63(41-59(44)50-11-3-2-4-12-50)54-33-34-58(60(40-54)51-27-25-47(42-64)26-28-51)57-14-6-5-13-56(57)55-38-48(19-17-45-21-29-52(30-22-45)61-15-7-9-35-65-61)37-49(39-55)20-18-46-23-31-53(32-24-46)62-16-8-10-36-66-62;/h2-16,21-29,31,34-41,43H,17-20H2,1H3;/q-3;+3/i1D3;. The van der Waals surface area contributed by atoms with Gasteiger partial charge in [0.25, 0.3) is 0 Å². The van der Waals surface area contributed by atoms with Gasteiger partial charge in [0, 0.05) is 22.7 Å². The number of pyridine rings is 3. The van der Waals surface area contributed by atoms with Crippen LogP contribution in [0.15, 0.2) is 207 Å². The largest absolute Gasteiger partial charge is 3.00 e. The quantitative estimate of drug-likeness (QED) is 0.108. The van der Waals surface area contributed by atoms with Crippen LogP contribution in [-0.2, 0) is 45.8 Å². The molecular formula is C63H45IrN4. The maximum absolute atomic E-state index is 9.73. The van der Waals surface area contributed by atoms with Crippen LogP contribution in [0.4, 0.5) is 0 Å². The minimum Gasteiger partial charge on any atom is -0.305 e. The van der Waals surface area contributed by atoms with E-state index < -0.39 is 6.85 Å². The van der Waals surface area contributed by atoms with Crippen molar-refractivity contribution in [3.05, 3.63) is 258 Å². The summed E-state index contributed by atoms with van der Waals surface area (Å²) in [6.45, 7) is -2.35. The van der Waals surface area contributed by atoms with E-state index in [1.54, 1.807) is 12.4 Å². The Balaban J connectivity index is 0.00000624. The van der Waals surface area contributed by atoms with Crippen LogP contribution in [-0.4, -0.2) is 15.0 Å². The number of nitrogens with zero attached hydrogens (tertiary/aromatic N) is 4. The zero-order chi connectivity index (χ0) is 47.9. The van der Waals surface area contributed by atoms with E-state index in [9.17, 15) is 5.26 Å². The first kappa shape index (κ1) is 41.6. The summed E-state index contributed by atoms with van der Waals surface area (Å²) >= 11 is 0. The monoisotopic (exact) mass is 1050 g/mol.